The predicted octanol–water partition coefficient (Wildman–Crippen LogP) is 17.2. The van der Waals surface area contributed by atoms with Crippen molar-refractivity contribution in [3.63, 3.8) is 0 Å². The highest BCUT2D eigenvalue weighted by atomic mass is 16.6. The van der Waals surface area contributed by atoms with Crippen LogP contribution in [0.3, 0.4) is 0 Å². The van der Waals surface area contributed by atoms with Crippen LogP contribution in [0.2, 0.25) is 0 Å². The molecule has 0 aromatic rings. The molecule has 0 aliphatic rings. The van der Waals surface area contributed by atoms with Crippen molar-refractivity contribution in [1.82, 2.24) is 0 Å². The van der Waals surface area contributed by atoms with Crippen molar-refractivity contribution in [3.05, 3.63) is 0 Å². The van der Waals surface area contributed by atoms with Gasteiger partial charge in [0.1, 0.15) is 6.61 Å². The van der Waals surface area contributed by atoms with Gasteiger partial charge in [-0.1, -0.05) is 271 Å². The average Bonchev–Trinajstić information content (AvgIpc) is 3.28. The van der Waals surface area contributed by atoms with E-state index in [9.17, 15) is 19.5 Å². The molecule has 0 aliphatic heterocycles. The summed E-state index contributed by atoms with van der Waals surface area (Å²) in [7, 11) is 5.56. The summed E-state index contributed by atoms with van der Waals surface area (Å²) < 4.78 is 17.4. The van der Waals surface area contributed by atoms with E-state index in [-0.39, 0.29) is 36.2 Å². The van der Waals surface area contributed by atoms with Crippen LogP contribution in [0, 0.1) is 0 Å². The van der Waals surface area contributed by atoms with E-state index in [1.165, 1.54) is 231 Å². The van der Waals surface area contributed by atoms with Gasteiger partial charge in [0, 0.05) is 19.3 Å². The molecule has 0 rings (SSSR count). The van der Waals surface area contributed by atoms with E-state index in [0.717, 1.165) is 38.5 Å². The second-order valence-electron chi connectivity index (χ2n) is 21.3. The number of hydrogen-bond acceptors (Lipinski definition) is 6. The monoisotopic (exact) mass is 937 g/mol. The minimum absolute atomic E-state index is 0.0409. The Morgan fingerprint density at radius 2 is 0.667 bits per heavy atom. The van der Waals surface area contributed by atoms with Gasteiger partial charge < -0.3 is 23.8 Å². The van der Waals surface area contributed by atoms with Gasteiger partial charge >= 0.3 is 17.9 Å². The number of esters is 2. The number of quaternary nitrogens is 1. The van der Waals surface area contributed by atoms with Gasteiger partial charge in [-0.2, -0.15) is 0 Å². The summed E-state index contributed by atoms with van der Waals surface area (Å²) in [6.45, 7) is 4.82. The van der Waals surface area contributed by atoms with Gasteiger partial charge in [0.25, 0.3) is 0 Å². The number of carbonyl (C=O) groups excluding carboxylic acids is 2. The maximum Gasteiger partial charge on any atom is 0.362 e. The Morgan fingerprint density at radius 3 is 0.939 bits per heavy atom. The molecule has 392 valence electrons. The zero-order valence-electron chi connectivity index (χ0n) is 44.9. The number of carboxylic acid groups (broad SMARTS) is 1. The predicted molar refractivity (Wildman–Crippen MR) is 280 cm³/mol. The van der Waals surface area contributed by atoms with Crippen molar-refractivity contribution in [1.29, 1.82) is 0 Å². The van der Waals surface area contributed by atoms with E-state index >= 15 is 0 Å². The quantitative estimate of drug-likeness (QED) is 0.0368. The first kappa shape index (κ1) is 64.3. The molecule has 8 nitrogen and oxygen atoms in total. The maximum absolute atomic E-state index is 12.8. The average molecular weight is 938 g/mol. The molecule has 0 amide bonds. The van der Waals surface area contributed by atoms with Crippen LogP contribution < -0.4 is 0 Å². The molecule has 0 spiro atoms. The summed E-state index contributed by atoms with van der Waals surface area (Å²) in [5, 5.41) is 9.68. The molecule has 8 heteroatoms. The van der Waals surface area contributed by atoms with Crippen molar-refractivity contribution in [3.8, 4) is 0 Å². The summed E-state index contributed by atoms with van der Waals surface area (Å²) >= 11 is 0. The first-order valence-corrected chi connectivity index (χ1v) is 29.1. The lowest BCUT2D eigenvalue weighted by molar-refractivity contribution is -0.887. The van der Waals surface area contributed by atoms with Gasteiger partial charge in [-0.05, 0) is 12.8 Å². The van der Waals surface area contributed by atoms with E-state index in [1.807, 2.05) is 21.1 Å². The molecule has 0 radical (unpaired) electrons. The topological polar surface area (TPSA) is 99.1 Å². The number of carboxylic acids is 1. The third-order valence-electron chi connectivity index (χ3n) is 13.8. The van der Waals surface area contributed by atoms with Gasteiger partial charge in [-0.15, -0.1) is 0 Å². The number of carbonyl (C=O) groups is 3. The molecule has 0 aromatic carbocycles. The van der Waals surface area contributed by atoms with E-state index in [0.29, 0.717) is 19.3 Å². The Morgan fingerprint density at radius 1 is 0.394 bits per heavy atom. The molecular formula is C58H114NO7+. The highest BCUT2D eigenvalue weighted by Crippen LogP contribution is 2.18. The summed E-state index contributed by atoms with van der Waals surface area (Å²) in [6, 6.07) is -0.609. The Kier molecular flexibility index (Phi) is 48.5. The van der Waals surface area contributed by atoms with Crippen molar-refractivity contribution in [2.75, 3.05) is 41.0 Å². The molecule has 2 atom stereocenters. The van der Waals surface area contributed by atoms with E-state index in [1.54, 1.807) is 0 Å². The standard InChI is InChI=1S/C58H113NO7/c1-6-8-10-12-14-16-18-20-22-24-26-27-28-29-31-32-34-36-38-40-42-44-46-48-56(60)65-53-54(52-64-51-50-55(58(62)63)59(3,4)5)66-57(61)49-47-45-43-41-39-37-35-33-30-25-23-21-19-17-15-13-11-9-7-2/h54-55H,6-53H2,1-5H3/p+1. The lowest BCUT2D eigenvalue weighted by Gasteiger charge is -2.31. The number of nitrogens with zero attached hydrogens (tertiary/aromatic N) is 1. The number of unbranched alkanes of at least 4 members (excludes halogenated alkanes) is 40. The number of rotatable bonds is 54. The SMILES string of the molecule is CCCCCCCCCCCCCCCCCCCCCCCCCC(=O)OCC(COCCC(C(=O)O)[N+](C)(C)C)OC(=O)CCCCCCCCCCCCCCCCCCCCC. The van der Waals surface area contributed by atoms with Crippen molar-refractivity contribution >= 4 is 17.9 Å². The molecule has 1 N–H and O–H groups in total. The summed E-state index contributed by atoms with van der Waals surface area (Å²) in [6.07, 6.45) is 55.9. The maximum atomic E-state index is 12.8. The molecule has 2 unspecified atom stereocenters. The van der Waals surface area contributed by atoms with Crippen LogP contribution in [0.15, 0.2) is 0 Å². The van der Waals surface area contributed by atoms with Gasteiger partial charge in [0.2, 0.25) is 0 Å². The summed E-state index contributed by atoms with van der Waals surface area (Å²) in [5.41, 5.74) is 0. The third-order valence-corrected chi connectivity index (χ3v) is 13.8. The van der Waals surface area contributed by atoms with Crippen LogP contribution in [-0.2, 0) is 28.6 Å². The highest BCUT2D eigenvalue weighted by Gasteiger charge is 2.31. The fourth-order valence-corrected chi connectivity index (χ4v) is 9.27. The zero-order chi connectivity index (χ0) is 48.4. The van der Waals surface area contributed by atoms with E-state index < -0.39 is 18.1 Å². The largest absolute Gasteiger partial charge is 0.477 e. The van der Waals surface area contributed by atoms with Crippen molar-refractivity contribution < 1.29 is 38.2 Å². The number of ether oxygens (including phenoxy) is 3. The van der Waals surface area contributed by atoms with Crippen molar-refractivity contribution in [2.24, 2.45) is 0 Å². The van der Waals surface area contributed by atoms with Gasteiger partial charge in [0.15, 0.2) is 12.1 Å². The third kappa shape index (κ3) is 47.4. The molecule has 0 heterocycles. The normalized spacial score (nSPS) is 12.7. The Balaban J connectivity index is 4.09. The smallest absolute Gasteiger partial charge is 0.362 e. The van der Waals surface area contributed by atoms with Crippen LogP contribution in [0.25, 0.3) is 0 Å². The Bertz CT molecular complexity index is 1050. The van der Waals surface area contributed by atoms with Gasteiger partial charge in [0.05, 0.1) is 34.4 Å². The zero-order valence-corrected chi connectivity index (χ0v) is 44.9. The number of aliphatic carboxylic acids is 1. The molecule has 0 bridgehead atoms. The second-order valence-corrected chi connectivity index (χ2v) is 21.3. The molecule has 0 fully saturated rings. The highest BCUT2D eigenvalue weighted by molar-refractivity contribution is 5.72. The van der Waals surface area contributed by atoms with Gasteiger partial charge in [-0.3, -0.25) is 9.59 Å². The molecule has 0 saturated carbocycles. The van der Waals surface area contributed by atoms with Crippen LogP contribution in [0.1, 0.15) is 303 Å². The lowest BCUT2D eigenvalue weighted by Crippen LogP contribution is -2.50. The number of hydrogen-bond donors (Lipinski definition) is 1. The fourth-order valence-electron chi connectivity index (χ4n) is 9.27. The second kappa shape index (κ2) is 49.7. The lowest BCUT2D eigenvalue weighted by atomic mass is 10.0. The summed E-state index contributed by atoms with van der Waals surface area (Å²) in [4.78, 5) is 37.3. The van der Waals surface area contributed by atoms with E-state index in [4.69, 9.17) is 14.2 Å². The minimum atomic E-state index is -0.867. The molecule has 0 saturated heterocycles. The minimum Gasteiger partial charge on any atom is -0.477 e. The molecule has 66 heavy (non-hydrogen) atoms. The van der Waals surface area contributed by atoms with Crippen LogP contribution >= 0.6 is 0 Å². The van der Waals surface area contributed by atoms with Crippen LogP contribution in [0.5, 0.6) is 0 Å². The van der Waals surface area contributed by atoms with Gasteiger partial charge in [-0.25, -0.2) is 4.79 Å². The first-order chi connectivity index (χ1) is 32.1. The van der Waals surface area contributed by atoms with Crippen molar-refractivity contribution in [2.45, 2.75) is 315 Å². The van der Waals surface area contributed by atoms with E-state index in [2.05, 4.69) is 13.8 Å². The molecular weight excluding hydrogens is 823 g/mol. The summed E-state index contributed by atoms with van der Waals surface area (Å²) in [5.74, 6) is -1.43. The van der Waals surface area contributed by atoms with Crippen LogP contribution in [-0.4, -0.2) is 80.6 Å². The molecule has 0 aromatic heterocycles. The molecule has 0 aliphatic carbocycles. The fraction of sp³-hybridized carbons (Fsp3) is 0.948. The van der Waals surface area contributed by atoms with Crippen LogP contribution in [0.4, 0.5) is 0 Å². The number of likely N-dealkylation sites (N-methyl/N-ethyl adjacent to an activating group) is 1. The Hall–Kier alpha value is -1.67. The first-order valence-electron chi connectivity index (χ1n) is 29.1. The Labute approximate surface area is 410 Å².